The SMILES string of the molecule is O=C(O)c1nnc(-c2cnccn2)s1. The van der Waals surface area contributed by atoms with Crippen LogP contribution in [0.2, 0.25) is 0 Å². The number of hydrogen-bond donors (Lipinski definition) is 1. The summed E-state index contributed by atoms with van der Waals surface area (Å²) in [5.41, 5.74) is 0.525. The fraction of sp³-hybridized carbons (Fsp3) is 0. The highest BCUT2D eigenvalue weighted by Gasteiger charge is 2.12. The van der Waals surface area contributed by atoms with Crippen molar-refractivity contribution in [3.8, 4) is 10.7 Å². The molecule has 1 N–H and O–H groups in total. The molecule has 2 heterocycles. The predicted octanol–water partition coefficient (Wildman–Crippen LogP) is 0.693. The third-order valence-electron chi connectivity index (χ3n) is 1.39. The Labute approximate surface area is 82.3 Å². The van der Waals surface area contributed by atoms with Gasteiger partial charge < -0.3 is 5.11 Å². The summed E-state index contributed by atoms with van der Waals surface area (Å²) in [6, 6.07) is 0. The molecule has 0 bridgehead atoms. The van der Waals surface area contributed by atoms with Crippen molar-refractivity contribution < 1.29 is 9.90 Å². The zero-order valence-corrected chi connectivity index (χ0v) is 7.60. The zero-order chi connectivity index (χ0) is 9.97. The van der Waals surface area contributed by atoms with Gasteiger partial charge in [-0.2, -0.15) is 0 Å². The van der Waals surface area contributed by atoms with Gasteiger partial charge in [0.15, 0.2) is 5.01 Å². The van der Waals surface area contributed by atoms with E-state index in [-0.39, 0.29) is 5.01 Å². The molecule has 7 heteroatoms. The number of aromatic nitrogens is 4. The zero-order valence-electron chi connectivity index (χ0n) is 6.78. The molecule has 2 rings (SSSR count). The highest BCUT2D eigenvalue weighted by molar-refractivity contribution is 7.16. The van der Waals surface area contributed by atoms with Crippen LogP contribution in [0.5, 0.6) is 0 Å². The van der Waals surface area contributed by atoms with E-state index < -0.39 is 5.97 Å². The average Bonchev–Trinajstić information content (AvgIpc) is 2.68. The molecule has 0 fully saturated rings. The monoisotopic (exact) mass is 208 g/mol. The van der Waals surface area contributed by atoms with Crippen molar-refractivity contribution in [3.63, 3.8) is 0 Å². The first-order valence-electron chi connectivity index (χ1n) is 3.60. The van der Waals surface area contributed by atoms with E-state index in [1.807, 2.05) is 0 Å². The van der Waals surface area contributed by atoms with Crippen LogP contribution in [0.25, 0.3) is 10.7 Å². The van der Waals surface area contributed by atoms with Gasteiger partial charge in [0.05, 0.1) is 6.20 Å². The summed E-state index contributed by atoms with van der Waals surface area (Å²) in [5.74, 6) is -1.09. The van der Waals surface area contributed by atoms with E-state index in [4.69, 9.17) is 5.11 Å². The quantitative estimate of drug-likeness (QED) is 0.781. The maximum atomic E-state index is 10.5. The van der Waals surface area contributed by atoms with Gasteiger partial charge in [0.2, 0.25) is 5.01 Å². The van der Waals surface area contributed by atoms with E-state index in [9.17, 15) is 4.79 Å². The summed E-state index contributed by atoms with van der Waals surface area (Å²) < 4.78 is 0. The number of aromatic carboxylic acids is 1. The Balaban J connectivity index is 2.39. The van der Waals surface area contributed by atoms with Crippen molar-refractivity contribution in [1.29, 1.82) is 0 Å². The smallest absolute Gasteiger partial charge is 0.367 e. The molecule has 2 aromatic rings. The van der Waals surface area contributed by atoms with Crippen molar-refractivity contribution in [2.24, 2.45) is 0 Å². The molecule has 0 aliphatic rings. The molecular formula is C7H4N4O2S. The maximum absolute atomic E-state index is 10.5. The van der Waals surface area contributed by atoms with Gasteiger partial charge in [-0.1, -0.05) is 11.3 Å². The van der Waals surface area contributed by atoms with E-state index in [0.717, 1.165) is 11.3 Å². The number of carbonyl (C=O) groups is 1. The minimum atomic E-state index is -1.09. The van der Waals surface area contributed by atoms with Crippen LogP contribution in [0, 0.1) is 0 Å². The molecule has 0 amide bonds. The fourth-order valence-corrected chi connectivity index (χ4v) is 1.47. The molecule has 0 unspecified atom stereocenters. The van der Waals surface area contributed by atoms with E-state index in [1.165, 1.54) is 18.6 Å². The average molecular weight is 208 g/mol. The Morgan fingerprint density at radius 2 is 2.21 bits per heavy atom. The topological polar surface area (TPSA) is 88.9 Å². The second kappa shape index (κ2) is 3.46. The first kappa shape index (κ1) is 8.70. The fourth-order valence-electron chi connectivity index (χ4n) is 0.823. The van der Waals surface area contributed by atoms with Gasteiger partial charge in [-0.15, -0.1) is 10.2 Å². The molecule has 0 radical (unpaired) electrons. The predicted molar refractivity (Wildman–Crippen MR) is 47.9 cm³/mol. The summed E-state index contributed by atoms with van der Waals surface area (Å²) in [6.07, 6.45) is 4.55. The standard InChI is InChI=1S/C7H4N4O2S/c12-7(13)6-11-10-5(14-6)4-3-8-1-2-9-4/h1-3H,(H,12,13). The lowest BCUT2D eigenvalue weighted by Gasteiger charge is -1.89. The highest BCUT2D eigenvalue weighted by Crippen LogP contribution is 2.19. The molecule has 14 heavy (non-hydrogen) atoms. The number of carboxylic acid groups (broad SMARTS) is 1. The maximum Gasteiger partial charge on any atom is 0.367 e. The third-order valence-corrected chi connectivity index (χ3v) is 2.32. The summed E-state index contributed by atoms with van der Waals surface area (Å²) in [4.78, 5) is 18.3. The van der Waals surface area contributed by atoms with Crippen LogP contribution in [-0.4, -0.2) is 31.2 Å². The second-order valence-electron chi connectivity index (χ2n) is 2.31. The largest absolute Gasteiger partial charge is 0.476 e. The molecule has 0 aromatic carbocycles. The van der Waals surface area contributed by atoms with Gasteiger partial charge in [-0.25, -0.2) is 4.79 Å². The Kier molecular flexibility index (Phi) is 2.15. The molecule has 0 aliphatic carbocycles. The van der Waals surface area contributed by atoms with Gasteiger partial charge in [0.1, 0.15) is 5.69 Å². The van der Waals surface area contributed by atoms with Crippen LogP contribution >= 0.6 is 11.3 Å². The van der Waals surface area contributed by atoms with Crippen LogP contribution in [0.15, 0.2) is 18.6 Å². The van der Waals surface area contributed by atoms with Gasteiger partial charge in [0, 0.05) is 12.4 Å². The number of rotatable bonds is 2. The normalized spacial score (nSPS) is 10.0. The van der Waals surface area contributed by atoms with Crippen LogP contribution in [0.3, 0.4) is 0 Å². The molecule has 6 nitrogen and oxygen atoms in total. The van der Waals surface area contributed by atoms with Crippen molar-refractivity contribution in [2.75, 3.05) is 0 Å². The van der Waals surface area contributed by atoms with Crippen LogP contribution in [0.1, 0.15) is 9.80 Å². The number of nitrogens with zero attached hydrogens (tertiary/aromatic N) is 4. The highest BCUT2D eigenvalue weighted by atomic mass is 32.1. The molecule has 0 saturated carbocycles. The Morgan fingerprint density at radius 3 is 2.79 bits per heavy atom. The van der Waals surface area contributed by atoms with Gasteiger partial charge in [-0.3, -0.25) is 9.97 Å². The molecule has 70 valence electrons. The molecule has 0 atom stereocenters. The molecule has 0 saturated heterocycles. The van der Waals surface area contributed by atoms with Gasteiger partial charge in [-0.05, 0) is 0 Å². The van der Waals surface area contributed by atoms with Gasteiger partial charge in [0.25, 0.3) is 0 Å². The van der Waals surface area contributed by atoms with E-state index in [2.05, 4.69) is 20.2 Å². The summed E-state index contributed by atoms with van der Waals surface area (Å²) >= 11 is 0.970. The Bertz CT molecular complexity index is 456. The minimum absolute atomic E-state index is 0.0503. The first-order valence-corrected chi connectivity index (χ1v) is 4.42. The van der Waals surface area contributed by atoms with E-state index >= 15 is 0 Å². The van der Waals surface area contributed by atoms with E-state index in [0.29, 0.717) is 10.7 Å². The number of hydrogen-bond acceptors (Lipinski definition) is 6. The minimum Gasteiger partial charge on any atom is -0.476 e. The Hall–Kier alpha value is -1.89. The summed E-state index contributed by atoms with van der Waals surface area (Å²) in [5, 5.41) is 16.2. The van der Waals surface area contributed by atoms with Crippen molar-refractivity contribution in [1.82, 2.24) is 20.2 Å². The summed E-state index contributed by atoms with van der Waals surface area (Å²) in [6.45, 7) is 0. The molecular weight excluding hydrogens is 204 g/mol. The van der Waals surface area contributed by atoms with Crippen molar-refractivity contribution >= 4 is 17.3 Å². The lowest BCUT2D eigenvalue weighted by molar-refractivity contribution is 0.0695. The first-order chi connectivity index (χ1) is 6.77. The molecule has 2 aromatic heterocycles. The van der Waals surface area contributed by atoms with Crippen LogP contribution in [-0.2, 0) is 0 Å². The van der Waals surface area contributed by atoms with Crippen LogP contribution < -0.4 is 0 Å². The van der Waals surface area contributed by atoms with Gasteiger partial charge >= 0.3 is 5.97 Å². The van der Waals surface area contributed by atoms with E-state index in [1.54, 1.807) is 0 Å². The van der Waals surface area contributed by atoms with Crippen LogP contribution in [0.4, 0.5) is 0 Å². The van der Waals surface area contributed by atoms with Crippen molar-refractivity contribution in [2.45, 2.75) is 0 Å². The third kappa shape index (κ3) is 1.57. The number of carboxylic acids is 1. The van der Waals surface area contributed by atoms with Crippen molar-refractivity contribution in [3.05, 3.63) is 23.6 Å². The summed E-state index contributed by atoms with van der Waals surface area (Å²) in [7, 11) is 0. The second-order valence-corrected chi connectivity index (χ2v) is 3.29. The molecule has 0 aliphatic heterocycles. The Morgan fingerprint density at radius 1 is 1.36 bits per heavy atom. The lowest BCUT2D eigenvalue weighted by atomic mass is 10.5. The lowest BCUT2D eigenvalue weighted by Crippen LogP contribution is -1.93. The molecule has 0 spiro atoms.